The molecule has 8 N–H and O–H groups in total. The van der Waals surface area contributed by atoms with Gasteiger partial charge in [-0.3, -0.25) is 9.59 Å². The van der Waals surface area contributed by atoms with Gasteiger partial charge in [0.05, 0.1) is 0 Å². The van der Waals surface area contributed by atoms with Gasteiger partial charge in [0.1, 0.15) is 5.75 Å². The summed E-state index contributed by atoms with van der Waals surface area (Å²) in [7, 11) is 0. The number of hydrogen-bond donors (Lipinski definition) is 4. The molecule has 2 amide bonds. The highest BCUT2D eigenvalue weighted by atomic mass is 35.5. The van der Waals surface area contributed by atoms with Crippen molar-refractivity contribution in [2.75, 3.05) is 6.61 Å². The number of hydrogen-bond acceptors (Lipinski definition) is 3. The third-order valence-corrected chi connectivity index (χ3v) is 2.91. The molecule has 0 unspecified atom stereocenters. The van der Waals surface area contributed by atoms with Crippen LogP contribution in [0.3, 0.4) is 0 Å². The molecule has 2 aromatic carbocycles. The maximum Gasteiger partial charge on any atom is 0.286 e. The first-order chi connectivity index (χ1) is 11.3. The summed E-state index contributed by atoms with van der Waals surface area (Å²) < 4.78 is 5.32. The number of halogens is 2. The van der Waals surface area contributed by atoms with E-state index < -0.39 is 11.8 Å². The molecule has 0 spiro atoms. The van der Waals surface area contributed by atoms with Gasteiger partial charge in [-0.05, 0) is 35.0 Å². The van der Waals surface area contributed by atoms with Crippen molar-refractivity contribution in [1.29, 1.82) is 0 Å². The molecule has 0 aliphatic heterocycles. The Morgan fingerprint density at radius 2 is 1.42 bits per heavy atom. The van der Waals surface area contributed by atoms with Crippen molar-refractivity contribution in [1.82, 2.24) is 0 Å². The largest absolute Gasteiger partial charge is 0.484 e. The molecule has 2 aromatic rings. The summed E-state index contributed by atoms with van der Waals surface area (Å²) in [5.74, 6) is -1.27. The van der Waals surface area contributed by atoms with E-state index in [0.717, 1.165) is 10.8 Å². The number of aliphatic imine (C=N–C) groups is 2. The molecule has 140 valence electrons. The van der Waals surface area contributed by atoms with Gasteiger partial charge in [-0.1, -0.05) is 12.1 Å². The van der Waals surface area contributed by atoms with Gasteiger partial charge in [-0.25, -0.2) is 0 Å². The van der Waals surface area contributed by atoms with Crippen molar-refractivity contribution < 1.29 is 14.3 Å². The zero-order valence-electron chi connectivity index (χ0n) is 13.4. The van der Waals surface area contributed by atoms with Crippen LogP contribution < -0.4 is 27.7 Å². The molecule has 2 rings (SSSR count). The van der Waals surface area contributed by atoms with Crippen LogP contribution in [0.1, 0.15) is 10.4 Å². The summed E-state index contributed by atoms with van der Waals surface area (Å²) in [6, 6.07) is 10.1. The average Bonchev–Trinajstić information content (AvgIpc) is 2.51. The van der Waals surface area contributed by atoms with E-state index in [9.17, 15) is 9.59 Å². The second kappa shape index (κ2) is 10.1. The summed E-state index contributed by atoms with van der Waals surface area (Å²) >= 11 is 0. The van der Waals surface area contributed by atoms with E-state index >= 15 is 0 Å². The fourth-order valence-corrected chi connectivity index (χ4v) is 1.95. The topological polar surface area (TPSA) is 172 Å². The monoisotopic (exact) mass is 400 g/mol. The van der Waals surface area contributed by atoms with Crippen LogP contribution in [0.2, 0.25) is 0 Å². The molecule has 11 heteroatoms. The Bertz CT molecular complexity index is 862. The Balaban J connectivity index is 0.00000312. The van der Waals surface area contributed by atoms with Crippen molar-refractivity contribution in [3.63, 3.8) is 0 Å². The van der Waals surface area contributed by atoms with Crippen molar-refractivity contribution in [3.05, 3.63) is 42.0 Å². The lowest BCUT2D eigenvalue weighted by molar-refractivity contribution is -0.119. The highest BCUT2D eigenvalue weighted by molar-refractivity contribution is 6.04. The Morgan fingerprint density at radius 1 is 0.846 bits per heavy atom. The first-order valence-corrected chi connectivity index (χ1v) is 6.78. The van der Waals surface area contributed by atoms with Crippen molar-refractivity contribution >= 4 is 59.3 Å². The Morgan fingerprint density at radius 3 is 2.04 bits per heavy atom. The molecule has 0 aromatic heterocycles. The van der Waals surface area contributed by atoms with Crippen LogP contribution in [0, 0.1) is 0 Å². The van der Waals surface area contributed by atoms with Crippen LogP contribution in [0.25, 0.3) is 10.8 Å². The first-order valence-electron chi connectivity index (χ1n) is 6.78. The van der Waals surface area contributed by atoms with E-state index in [1.54, 1.807) is 36.4 Å². The third-order valence-electron chi connectivity index (χ3n) is 2.91. The number of carbonyl (C=O) groups is 2. The smallest absolute Gasteiger partial charge is 0.286 e. The number of ether oxygens (including phenoxy) is 1. The molecular formula is C15H18Cl2N6O3. The summed E-state index contributed by atoms with van der Waals surface area (Å²) in [5, 5.41) is 1.59. The van der Waals surface area contributed by atoms with Gasteiger partial charge in [0, 0.05) is 5.56 Å². The third kappa shape index (κ3) is 6.46. The van der Waals surface area contributed by atoms with Gasteiger partial charge < -0.3 is 27.7 Å². The fourth-order valence-electron chi connectivity index (χ4n) is 1.95. The molecule has 0 atom stereocenters. The Kier molecular flexibility index (Phi) is 8.89. The zero-order chi connectivity index (χ0) is 17.7. The summed E-state index contributed by atoms with van der Waals surface area (Å²) in [6.45, 7) is -0.287. The van der Waals surface area contributed by atoms with E-state index in [0.29, 0.717) is 11.3 Å². The molecule has 0 heterocycles. The first kappa shape index (κ1) is 23.0. The summed E-state index contributed by atoms with van der Waals surface area (Å²) in [6.07, 6.45) is 0. The molecule has 0 radical (unpaired) electrons. The van der Waals surface area contributed by atoms with E-state index in [1.165, 1.54) is 0 Å². The lowest BCUT2D eigenvalue weighted by Crippen LogP contribution is -2.25. The minimum absolute atomic E-state index is 0. The highest BCUT2D eigenvalue weighted by Crippen LogP contribution is 2.22. The summed E-state index contributed by atoms with van der Waals surface area (Å²) in [4.78, 5) is 30.0. The van der Waals surface area contributed by atoms with Crippen molar-refractivity contribution in [3.8, 4) is 5.75 Å². The van der Waals surface area contributed by atoms with Gasteiger partial charge in [-0.15, -0.1) is 24.8 Å². The standard InChI is InChI=1S/C15H16N6O3.2ClH/c16-14(17)20-12(22)7-24-11-4-3-8-5-10(2-1-9(8)6-11)13(23)21-15(18)19;;/h1-6H,7H2,(H4,16,17,20,22)(H4,18,19,21,23);2*1H. The van der Waals surface area contributed by atoms with Crippen LogP contribution in [0.4, 0.5) is 0 Å². The molecule has 26 heavy (non-hydrogen) atoms. The van der Waals surface area contributed by atoms with Gasteiger partial charge in [0.15, 0.2) is 18.5 Å². The van der Waals surface area contributed by atoms with Crippen molar-refractivity contribution in [2.45, 2.75) is 0 Å². The van der Waals surface area contributed by atoms with Gasteiger partial charge >= 0.3 is 0 Å². The van der Waals surface area contributed by atoms with E-state index in [-0.39, 0.29) is 43.3 Å². The van der Waals surface area contributed by atoms with Crippen LogP contribution in [-0.2, 0) is 4.79 Å². The average molecular weight is 401 g/mol. The molecule has 9 nitrogen and oxygen atoms in total. The lowest BCUT2D eigenvalue weighted by Gasteiger charge is -2.06. The van der Waals surface area contributed by atoms with E-state index in [2.05, 4.69) is 9.98 Å². The quantitative estimate of drug-likeness (QED) is 0.420. The number of nitrogens with two attached hydrogens (primary N) is 4. The normalized spacial score (nSPS) is 9.23. The Hall–Kier alpha value is -3.04. The maximum absolute atomic E-state index is 11.8. The molecule has 0 bridgehead atoms. The molecule has 0 aliphatic carbocycles. The van der Waals surface area contributed by atoms with Gasteiger partial charge in [0.25, 0.3) is 11.8 Å². The van der Waals surface area contributed by atoms with Gasteiger partial charge in [0.2, 0.25) is 0 Å². The number of rotatable bonds is 4. The lowest BCUT2D eigenvalue weighted by atomic mass is 10.1. The second-order valence-electron chi connectivity index (χ2n) is 4.78. The van der Waals surface area contributed by atoms with Crippen LogP contribution in [0.5, 0.6) is 5.75 Å². The molecule has 0 saturated heterocycles. The summed E-state index contributed by atoms with van der Waals surface area (Å²) in [5.41, 5.74) is 20.9. The molecule has 0 saturated carbocycles. The number of benzene rings is 2. The molecule has 0 fully saturated rings. The minimum Gasteiger partial charge on any atom is -0.484 e. The van der Waals surface area contributed by atoms with Crippen LogP contribution in [-0.4, -0.2) is 30.3 Å². The predicted octanol–water partition coefficient (Wildman–Crippen LogP) is 0.276. The minimum atomic E-state index is -0.590. The number of fused-ring (bicyclic) bond motifs is 1. The molecule has 0 aliphatic rings. The number of carbonyl (C=O) groups excluding carboxylic acids is 2. The second-order valence-corrected chi connectivity index (χ2v) is 4.78. The van der Waals surface area contributed by atoms with E-state index in [4.69, 9.17) is 27.7 Å². The SMILES string of the molecule is Cl.Cl.NC(N)=NC(=O)COc1ccc2cc(C(=O)N=C(N)N)ccc2c1. The Labute approximate surface area is 161 Å². The van der Waals surface area contributed by atoms with Gasteiger partial charge in [-0.2, -0.15) is 9.98 Å². The van der Waals surface area contributed by atoms with Crippen molar-refractivity contribution in [2.24, 2.45) is 32.9 Å². The number of amides is 2. The number of nitrogens with zero attached hydrogens (tertiary/aromatic N) is 2. The van der Waals surface area contributed by atoms with E-state index in [1.807, 2.05) is 0 Å². The van der Waals surface area contributed by atoms with Crippen LogP contribution >= 0.6 is 24.8 Å². The zero-order valence-corrected chi connectivity index (χ0v) is 15.0. The predicted molar refractivity (Wildman–Crippen MR) is 105 cm³/mol. The highest BCUT2D eigenvalue weighted by Gasteiger charge is 2.07. The fraction of sp³-hybridized carbons (Fsp3) is 0.0667. The number of guanidine groups is 2. The molecular weight excluding hydrogens is 383 g/mol. The van der Waals surface area contributed by atoms with Crippen LogP contribution in [0.15, 0.2) is 46.4 Å². The maximum atomic E-state index is 11.8.